The van der Waals surface area contributed by atoms with Crippen LogP contribution in [0.4, 0.5) is 0 Å². The molecule has 1 nitrogen and oxygen atoms in total. The van der Waals surface area contributed by atoms with Crippen molar-refractivity contribution in [3.63, 3.8) is 0 Å². The molecule has 0 amide bonds. The Morgan fingerprint density at radius 2 is 1.78 bits per heavy atom. The first-order valence-corrected chi connectivity index (χ1v) is 12.6. The van der Waals surface area contributed by atoms with Gasteiger partial charge >= 0.3 is 0 Å². The lowest BCUT2D eigenvalue weighted by Gasteiger charge is -2.18. The zero-order valence-electron chi connectivity index (χ0n) is 19.9. The molecule has 0 atom stereocenters. The maximum absolute atomic E-state index is 3.25. The van der Waals surface area contributed by atoms with Crippen molar-refractivity contribution in [3.8, 4) is 11.8 Å². The van der Waals surface area contributed by atoms with E-state index in [4.69, 9.17) is 0 Å². The van der Waals surface area contributed by atoms with E-state index in [1.54, 1.807) is 0 Å². The lowest BCUT2D eigenvalue weighted by Crippen LogP contribution is -2.22. The Labute approximate surface area is 199 Å². The van der Waals surface area contributed by atoms with Crippen LogP contribution < -0.4 is 0 Å². The summed E-state index contributed by atoms with van der Waals surface area (Å²) in [7, 11) is 0. The summed E-state index contributed by atoms with van der Waals surface area (Å²) in [5, 5.41) is 2.30. The van der Waals surface area contributed by atoms with Crippen molar-refractivity contribution in [3.05, 3.63) is 88.3 Å². The molecule has 2 aromatic rings. The first-order chi connectivity index (χ1) is 15.4. The van der Waals surface area contributed by atoms with Crippen LogP contribution in [0.2, 0.25) is 0 Å². The Balaban J connectivity index is 1.61. The summed E-state index contributed by atoms with van der Waals surface area (Å²) in [6, 6.07) is 17.7. The Hall–Kier alpha value is -2.47. The van der Waals surface area contributed by atoms with Crippen molar-refractivity contribution in [1.29, 1.82) is 0 Å². The highest BCUT2D eigenvalue weighted by atomic mass is 32.2. The maximum Gasteiger partial charge on any atom is 0.0237 e. The fourth-order valence-corrected chi connectivity index (χ4v) is 4.42. The molecule has 1 aliphatic rings. The van der Waals surface area contributed by atoms with Crippen LogP contribution in [0, 0.1) is 17.3 Å². The molecule has 0 radical (unpaired) electrons. The van der Waals surface area contributed by atoms with E-state index in [2.05, 4.69) is 117 Å². The van der Waals surface area contributed by atoms with Crippen LogP contribution in [-0.2, 0) is 6.54 Å². The monoisotopic (exact) mass is 441 g/mol. The van der Waals surface area contributed by atoms with E-state index in [9.17, 15) is 0 Å². The lowest BCUT2D eigenvalue weighted by atomic mass is 9.98. The van der Waals surface area contributed by atoms with Crippen LogP contribution in [0.5, 0.6) is 0 Å². The molecule has 0 saturated heterocycles. The molecule has 2 aromatic carbocycles. The SMILES string of the molecule is CCN(C/C=C/C#CC(C)(C)C)Cc1cccc(/C=C/c2cccc(C3=CSCC3)c2)c1. The number of rotatable bonds is 8. The average Bonchev–Trinajstić information content (AvgIpc) is 3.31. The number of thioether (sulfide) groups is 1. The van der Waals surface area contributed by atoms with E-state index < -0.39 is 0 Å². The third kappa shape index (κ3) is 8.23. The van der Waals surface area contributed by atoms with E-state index in [0.717, 1.165) is 19.6 Å². The fourth-order valence-electron chi connectivity index (χ4n) is 3.51. The van der Waals surface area contributed by atoms with E-state index in [0.29, 0.717) is 0 Å². The van der Waals surface area contributed by atoms with Crippen LogP contribution in [0.25, 0.3) is 17.7 Å². The third-order valence-electron chi connectivity index (χ3n) is 5.26. The molecule has 0 saturated carbocycles. The summed E-state index contributed by atoms with van der Waals surface area (Å²) < 4.78 is 0. The predicted octanol–water partition coefficient (Wildman–Crippen LogP) is 7.76. The molecule has 0 bridgehead atoms. The number of likely N-dealkylation sites (N-methyl/N-ethyl adjacent to an activating group) is 1. The Bertz CT molecular complexity index is 1040. The van der Waals surface area contributed by atoms with Gasteiger partial charge in [0.25, 0.3) is 0 Å². The highest BCUT2D eigenvalue weighted by Gasteiger charge is 2.07. The van der Waals surface area contributed by atoms with Crippen molar-refractivity contribution in [1.82, 2.24) is 4.90 Å². The Kier molecular flexibility index (Phi) is 9.03. The minimum absolute atomic E-state index is 0.0525. The predicted molar refractivity (Wildman–Crippen MR) is 144 cm³/mol. The lowest BCUT2D eigenvalue weighted by molar-refractivity contribution is 0.311. The number of allylic oxidation sites excluding steroid dienone is 2. The standard InChI is InChI=1S/C30H35NS/c1-5-31(19-8-6-7-18-30(2,3)4)23-27-13-9-11-25(21-27)15-16-26-12-10-14-28(22-26)29-17-20-32-24-29/h6,8-16,21-22,24H,5,17,19-20,23H2,1-4H3/b8-6+,16-15+. The number of nitrogens with zero attached hydrogens (tertiary/aromatic N) is 1. The first kappa shape index (κ1) is 24.2. The quantitative estimate of drug-likeness (QED) is 0.304. The van der Waals surface area contributed by atoms with Gasteiger partial charge in [0.05, 0.1) is 0 Å². The van der Waals surface area contributed by atoms with E-state index in [1.165, 1.54) is 40.0 Å². The molecule has 1 heterocycles. The van der Waals surface area contributed by atoms with Gasteiger partial charge in [0.2, 0.25) is 0 Å². The van der Waals surface area contributed by atoms with Gasteiger partial charge in [-0.1, -0.05) is 79.5 Å². The van der Waals surface area contributed by atoms with Crippen molar-refractivity contribution >= 4 is 29.5 Å². The molecule has 166 valence electrons. The van der Waals surface area contributed by atoms with Gasteiger partial charge in [0, 0.05) is 24.3 Å². The largest absolute Gasteiger partial charge is 0.296 e. The average molecular weight is 442 g/mol. The molecule has 0 fully saturated rings. The van der Waals surface area contributed by atoms with Gasteiger partial charge in [-0.3, -0.25) is 4.90 Å². The fraction of sp³-hybridized carbons (Fsp3) is 0.333. The Morgan fingerprint density at radius 3 is 2.47 bits per heavy atom. The van der Waals surface area contributed by atoms with Crippen LogP contribution in [-0.4, -0.2) is 23.7 Å². The van der Waals surface area contributed by atoms with Crippen LogP contribution in [0.15, 0.2) is 66.1 Å². The number of hydrogen-bond acceptors (Lipinski definition) is 2. The molecular formula is C30H35NS. The van der Waals surface area contributed by atoms with Gasteiger partial charge in [-0.05, 0) is 79.1 Å². The molecule has 0 aliphatic carbocycles. The number of benzene rings is 2. The zero-order valence-corrected chi connectivity index (χ0v) is 20.7. The molecule has 0 unspecified atom stereocenters. The van der Waals surface area contributed by atoms with E-state index >= 15 is 0 Å². The molecule has 3 rings (SSSR count). The van der Waals surface area contributed by atoms with E-state index in [1.807, 2.05) is 17.8 Å². The van der Waals surface area contributed by atoms with Gasteiger partial charge in [-0.15, -0.1) is 11.8 Å². The van der Waals surface area contributed by atoms with Crippen LogP contribution in [0.1, 0.15) is 56.4 Å². The van der Waals surface area contributed by atoms with Crippen LogP contribution >= 0.6 is 11.8 Å². The van der Waals surface area contributed by atoms with Gasteiger partial charge in [-0.25, -0.2) is 0 Å². The molecule has 32 heavy (non-hydrogen) atoms. The van der Waals surface area contributed by atoms with Gasteiger partial charge < -0.3 is 0 Å². The minimum Gasteiger partial charge on any atom is -0.296 e. The topological polar surface area (TPSA) is 3.24 Å². The second kappa shape index (κ2) is 12.0. The molecule has 0 aromatic heterocycles. The van der Waals surface area contributed by atoms with Crippen molar-refractivity contribution in [2.75, 3.05) is 18.8 Å². The van der Waals surface area contributed by atoms with Crippen molar-refractivity contribution < 1.29 is 0 Å². The first-order valence-electron chi connectivity index (χ1n) is 11.5. The Morgan fingerprint density at radius 1 is 1.03 bits per heavy atom. The van der Waals surface area contributed by atoms with Crippen molar-refractivity contribution in [2.24, 2.45) is 5.41 Å². The van der Waals surface area contributed by atoms with Gasteiger partial charge in [0.1, 0.15) is 0 Å². The summed E-state index contributed by atoms with van der Waals surface area (Å²) in [6.45, 7) is 11.5. The highest BCUT2D eigenvalue weighted by Crippen LogP contribution is 2.30. The molecule has 0 N–H and O–H groups in total. The van der Waals surface area contributed by atoms with Crippen molar-refractivity contribution in [2.45, 2.75) is 40.7 Å². The maximum atomic E-state index is 3.25. The second-order valence-electron chi connectivity index (χ2n) is 9.22. The molecule has 2 heteroatoms. The van der Waals surface area contributed by atoms with Gasteiger partial charge in [-0.2, -0.15) is 0 Å². The summed E-state index contributed by atoms with van der Waals surface area (Å²) >= 11 is 1.91. The summed E-state index contributed by atoms with van der Waals surface area (Å²) in [5.74, 6) is 7.62. The van der Waals surface area contributed by atoms with Gasteiger partial charge in [0.15, 0.2) is 0 Å². The second-order valence-corrected chi connectivity index (χ2v) is 10.2. The molecule has 1 aliphatic heterocycles. The summed E-state index contributed by atoms with van der Waals surface area (Å²) in [4.78, 5) is 2.43. The summed E-state index contributed by atoms with van der Waals surface area (Å²) in [5.41, 5.74) is 6.70. The zero-order chi connectivity index (χ0) is 22.8. The third-order valence-corrected chi connectivity index (χ3v) is 6.15. The molecule has 0 spiro atoms. The van der Waals surface area contributed by atoms with E-state index in [-0.39, 0.29) is 5.41 Å². The normalized spacial score (nSPS) is 14.2. The van der Waals surface area contributed by atoms with Crippen LogP contribution in [0.3, 0.4) is 0 Å². The minimum atomic E-state index is 0.0525. The highest BCUT2D eigenvalue weighted by molar-refractivity contribution is 8.02. The number of hydrogen-bond donors (Lipinski definition) is 0. The molecular weight excluding hydrogens is 406 g/mol. The summed E-state index contributed by atoms with van der Waals surface area (Å²) in [6.07, 6.45) is 9.77. The smallest absolute Gasteiger partial charge is 0.0237 e.